The molecule has 1 aliphatic heterocycles. The van der Waals surface area contributed by atoms with E-state index in [1.165, 1.54) is 11.3 Å². The number of hydrogen-bond donors (Lipinski definition) is 0. The van der Waals surface area contributed by atoms with Gasteiger partial charge in [0.1, 0.15) is 10.8 Å². The highest BCUT2D eigenvalue weighted by Crippen LogP contribution is 2.26. The highest BCUT2D eigenvalue weighted by atomic mass is 32.1. The van der Waals surface area contributed by atoms with Crippen LogP contribution in [0.15, 0.2) is 29.6 Å². The third-order valence-corrected chi connectivity index (χ3v) is 5.23. The minimum absolute atomic E-state index is 0.133. The first-order chi connectivity index (χ1) is 12.7. The molecule has 0 N–H and O–H groups in total. The molecule has 6 nitrogen and oxygen atoms in total. The fourth-order valence-corrected chi connectivity index (χ4v) is 3.64. The highest BCUT2D eigenvalue weighted by Gasteiger charge is 2.19. The number of likely N-dealkylation sites (tertiary alicyclic amines) is 1. The Hall–Kier alpha value is -2.41. The maximum atomic E-state index is 12.2. The number of aromatic nitrogens is 1. The van der Waals surface area contributed by atoms with Gasteiger partial charge < -0.3 is 14.4 Å². The zero-order valence-corrected chi connectivity index (χ0v) is 15.6. The van der Waals surface area contributed by atoms with Gasteiger partial charge in [-0.05, 0) is 37.1 Å². The van der Waals surface area contributed by atoms with Crippen molar-refractivity contribution < 1.29 is 19.1 Å². The van der Waals surface area contributed by atoms with E-state index in [2.05, 4.69) is 4.98 Å². The smallest absolute Gasteiger partial charge is 0.358 e. The van der Waals surface area contributed by atoms with E-state index in [0.29, 0.717) is 0 Å². The summed E-state index contributed by atoms with van der Waals surface area (Å²) in [6, 6.07) is 7.45. The standard InChI is InChI=1S/C19H22N2O4S/c1-24-15-8-6-14(7-9-15)18-20-16(13-26-18)19(23)25-12-17(22)21-10-4-2-3-5-11-21/h6-9,13H,2-5,10-12H2,1H3. The number of carbonyl (C=O) groups is 2. The van der Waals surface area contributed by atoms with Crippen molar-refractivity contribution in [2.24, 2.45) is 0 Å². The number of thiazole rings is 1. The summed E-state index contributed by atoms with van der Waals surface area (Å²) >= 11 is 1.36. The molecule has 2 aromatic rings. The molecule has 0 saturated carbocycles. The molecule has 0 spiro atoms. The molecule has 3 rings (SSSR count). The summed E-state index contributed by atoms with van der Waals surface area (Å²) < 4.78 is 10.3. The second-order valence-corrected chi connectivity index (χ2v) is 7.00. The van der Waals surface area contributed by atoms with Gasteiger partial charge in [0, 0.05) is 24.0 Å². The number of esters is 1. The molecule has 0 bridgehead atoms. The molecule has 0 aliphatic carbocycles. The van der Waals surface area contributed by atoms with Crippen LogP contribution in [0.25, 0.3) is 10.6 Å². The van der Waals surface area contributed by atoms with Crippen molar-refractivity contribution in [3.63, 3.8) is 0 Å². The largest absolute Gasteiger partial charge is 0.497 e. The summed E-state index contributed by atoms with van der Waals surface area (Å²) in [6.45, 7) is 1.26. The number of carbonyl (C=O) groups excluding carboxylic acids is 2. The molecule has 0 atom stereocenters. The predicted molar refractivity (Wildman–Crippen MR) is 99.4 cm³/mol. The monoisotopic (exact) mass is 374 g/mol. The molecular formula is C19H22N2O4S. The van der Waals surface area contributed by atoms with E-state index in [4.69, 9.17) is 9.47 Å². The van der Waals surface area contributed by atoms with Crippen molar-refractivity contribution in [1.82, 2.24) is 9.88 Å². The van der Waals surface area contributed by atoms with Gasteiger partial charge in [-0.3, -0.25) is 4.79 Å². The lowest BCUT2D eigenvalue weighted by molar-refractivity contribution is -0.134. The Balaban J connectivity index is 1.56. The maximum Gasteiger partial charge on any atom is 0.358 e. The summed E-state index contributed by atoms with van der Waals surface area (Å²) in [5, 5.41) is 2.37. The molecule has 138 valence electrons. The molecule has 1 aliphatic rings. The van der Waals surface area contributed by atoms with Gasteiger partial charge in [0.05, 0.1) is 7.11 Å². The van der Waals surface area contributed by atoms with Crippen LogP contribution in [0.1, 0.15) is 36.2 Å². The summed E-state index contributed by atoms with van der Waals surface area (Å²) in [5.41, 5.74) is 1.12. The number of hydrogen-bond acceptors (Lipinski definition) is 6. The van der Waals surface area contributed by atoms with E-state index in [-0.39, 0.29) is 18.2 Å². The van der Waals surface area contributed by atoms with Gasteiger partial charge in [0.15, 0.2) is 12.3 Å². The minimum Gasteiger partial charge on any atom is -0.497 e. The van der Waals surface area contributed by atoms with Crippen LogP contribution in [0.3, 0.4) is 0 Å². The van der Waals surface area contributed by atoms with Crippen LogP contribution in [0.5, 0.6) is 5.75 Å². The first kappa shape index (κ1) is 18.4. The average Bonchev–Trinajstić information content (AvgIpc) is 3.01. The molecule has 1 saturated heterocycles. The van der Waals surface area contributed by atoms with E-state index >= 15 is 0 Å². The Morgan fingerprint density at radius 2 is 1.81 bits per heavy atom. The maximum absolute atomic E-state index is 12.2. The van der Waals surface area contributed by atoms with Crippen molar-refractivity contribution in [3.8, 4) is 16.3 Å². The third-order valence-electron chi connectivity index (χ3n) is 4.34. The Kier molecular flexibility index (Phi) is 6.22. The lowest BCUT2D eigenvalue weighted by Crippen LogP contribution is -2.35. The van der Waals surface area contributed by atoms with E-state index < -0.39 is 5.97 Å². The van der Waals surface area contributed by atoms with Crippen LogP contribution in [0.4, 0.5) is 0 Å². The van der Waals surface area contributed by atoms with Crippen molar-refractivity contribution >= 4 is 23.2 Å². The number of nitrogens with zero attached hydrogens (tertiary/aromatic N) is 2. The lowest BCUT2D eigenvalue weighted by atomic mass is 10.2. The number of ether oxygens (including phenoxy) is 2. The number of benzene rings is 1. The summed E-state index contributed by atoms with van der Waals surface area (Å²) in [6.07, 6.45) is 4.32. The fraction of sp³-hybridized carbons (Fsp3) is 0.421. The van der Waals surface area contributed by atoms with Gasteiger partial charge in [0.2, 0.25) is 0 Å². The zero-order chi connectivity index (χ0) is 18.4. The molecule has 2 heterocycles. The molecule has 1 aromatic heterocycles. The van der Waals surface area contributed by atoms with Crippen LogP contribution < -0.4 is 4.74 Å². The van der Waals surface area contributed by atoms with Crippen molar-refractivity contribution in [2.45, 2.75) is 25.7 Å². The molecule has 1 aromatic carbocycles. The Morgan fingerprint density at radius 3 is 2.46 bits per heavy atom. The van der Waals surface area contributed by atoms with Crippen molar-refractivity contribution in [3.05, 3.63) is 35.3 Å². The molecular weight excluding hydrogens is 352 g/mol. The van der Waals surface area contributed by atoms with Crippen LogP contribution >= 0.6 is 11.3 Å². The van der Waals surface area contributed by atoms with Crippen LogP contribution in [-0.4, -0.2) is 48.6 Å². The topological polar surface area (TPSA) is 68.7 Å². The molecule has 1 amide bonds. The molecule has 0 radical (unpaired) electrons. The van der Waals surface area contributed by atoms with Gasteiger partial charge in [0.25, 0.3) is 5.91 Å². The van der Waals surface area contributed by atoms with Gasteiger partial charge in [-0.2, -0.15) is 0 Å². The fourth-order valence-electron chi connectivity index (χ4n) is 2.85. The van der Waals surface area contributed by atoms with Gasteiger partial charge in [-0.1, -0.05) is 12.8 Å². The molecule has 1 fully saturated rings. The number of rotatable bonds is 5. The van der Waals surface area contributed by atoms with Crippen LogP contribution in [-0.2, 0) is 9.53 Å². The van der Waals surface area contributed by atoms with E-state index in [1.807, 2.05) is 24.3 Å². The second-order valence-electron chi connectivity index (χ2n) is 6.14. The van der Waals surface area contributed by atoms with Gasteiger partial charge in [-0.25, -0.2) is 9.78 Å². The predicted octanol–water partition coefficient (Wildman–Crippen LogP) is 3.38. The lowest BCUT2D eigenvalue weighted by Gasteiger charge is -2.19. The first-order valence-corrected chi connectivity index (χ1v) is 9.60. The van der Waals surface area contributed by atoms with E-state index in [1.54, 1.807) is 17.4 Å². The number of amides is 1. The van der Waals surface area contributed by atoms with Crippen LogP contribution in [0.2, 0.25) is 0 Å². The second kappa shape index (κ2) is 8.80. The zero-order valence-electron chi connectivity index (χ0n) is 14.8. The Morgan fingerprint density at radius 1 is 1.12 bits per heavy atom. The van der Waals surface area contributed by atoms with E-state index in [9.17, 15) is 9.59 Å². The Labute approximate surface area is 156 Å². The first-order valence-electron chi connectivity index (χ1n) is 8.72. The van der Waals surface area contributed by atoms with E-state index in [0.717, 1.165) is 55.1 Å². The van der Waals surface area contributed by atoms with Gasteiger partial charge >= 0.3 is 5.97 Å². The quantitative estimate of drug-likeness (QED) is 0.751. The normalized spacial score (nSPS) is 14.6. The molecule has 0 unspecified atom stereocenters. The highest BCUT2D eigenvalue weighted by molar-refractivity contribution is 7.13. The average molecular weight is 374 g/mol. The number of methoxy groups -OCH3 is 1. The minimum atomic E-state index is -0.566. The summed E-state index contributed by atoms with van der Waals surface area (Å²) in [5.74, 6) is 0.0620. The summed E-state index contributed by atoms with van der Waals surface area (Å²) in [7, 11) is 1.61. The van der Waals surface area contributed by atoms with Crippen molar-refractivity contribution in [1.29, 1.82) is 0 Å². The summed E-state index contributed by atoms with van der Waals surface area (Å²) in [4.78, 5) is 30.5. The van der Waals surface area contributed by atoms with Crippen LogP contribution in [0, 0.1) is 0 Å². The molecule has 7 heteroatoms. The molecule has 26 heavy (non-hydrogen) atoms. The SMILES string of the molecule is COc1ccc(-c2nc(C(=O)OCC(=O)N3CCCCCC3)cs2)cc1. The van der Waals surface area contributed by atoms with Crippen molar-refractivity contribution in [2.75, 3.05) is 26.8 Å². The Bertz CT molecular complexity index is 749. The van der Waals surface area contributed by atoms with Gasteiger partial charge in [-0.15, -0.1) is 11.3 Å². The third kappa shape index (κ3) is 4.60.